The van der Waals surface area contributed by atoms with E-state index >= 15 is 0 Å². The second kappa shape index (κ2) is 10.5. The molecule has 1 amide bonds. The average Bonchev–Trinajstić information content (AvgIpc) is 3.11. The topological polar surface area (TPSA) is 66.9 Å². The summed E-state index contributed by atoms with van der Waals surface area (Å²) >= 11 is 3.16. The Hall–Kier alpha value is -1.60. The fraction of sp³-hybridized carbons (Fsp3) is 0.526. The molecule has 2 aromatic rings. The Morgan fingerprint density at radius 3 is 2.77 bits per heavy atom. The summed E-state index contributed by atoms with van der Waals surface area (Å²) in [5.74, 6) is 0.909. The molecule has 7 heteroatoms. The molecule has 0 spiro atoms. The summed E-state index contributed by atoms with van der Waals surface area (Å²) in [5, 5.41) is 15.7. The molecule has 0 unspecified atom stereocenters. The molecule has 0 aliphatic heterocycles. The lowest BCUT2D eigenvalue weighted by Crippen LogP contribution is -2.36. The van der Waals surface area contributed by atoms with Crippen LogP contribution in [-0.2, 0) is 11.2 Å². The zero-order valence-electron chi connectivity index (χ0n) is 14.9. The Kier molecular flexibility index (Phi) is 7.76. The van der Waals surface area contributed by atoms with Crippen LogP contribution in [0.15, 0.2) is 34.7 Å². The van der Waals surface area contributed by atoms with Crippen LogP contribution in [0.2, 0.25) is 0 Å². The smallest absolute Gasteiger partial charge is 0.221 e. The first-order valence-corrected chi connectivity index (χ1v) is 11.1. The number of nitrogens with zero attached hydrogens (tertiary/aromatic N) is 2. The highest BCUT2D eigenvalue weighted by Crippen LogP contribution is 2.26. The van der Waals surface area contributed by atoms with Crippen molar-refractivity contribution in [3.05, 3.63) is 35.9 Å². The number of benzene rings is 1. The Morgan fingerprint density at radius 2 is 1.96 bits per heavy atom. The van der Waals surface area contributed by atoms with Gasteiger partial charge in [0.25, 0.3) is 0 Å². The van der Waals surface area contributed by atoms with Crippen LogP contribution in [0.3, 0.4) is 0 Å². The predicted octanol–water partition coefficient (Wildman–Crippen LogP) is 4.12. The van der Waals surface area contributed by atoms with Crippen molar-refractivity contribution >= 4 is 34.1 Å². The summed E-state index contributed by atoms with van der Waals surface area (Å²) in [6.07, 6.45) is 7.55. The Balaban J connectivity index is 1.31. The summed E-state index contributed by atoms with van der Waals surface area (Å²) in [7, 11) is 0. The third kappa shape index (κ3) is 6.61. The summed E-state index contributed by atoms with van der Waals surface area (Å²) in [4.78, 5) is 12.0. The fourth-order valence-corrected chi connectivity index (χ4v) is 4.86. The van der Waals surface area contributed by atoms with E-state index < -0.39 is 0 Å². The molecule has 1 fully saturated rings. The Labute approximate surface area is 163 Å². The molecule has 2 N–H and O–H groups in total. The first-order chi connectivity index (χ1) is 12.8. The molecule has 26 heavy (non-hydrogen) atoms. The lowest BCUT2D eigenvalue weighted by molar-refractivity contribution is -0.121. The third-order valence-corrected chi connectivity index (χ3v) is 6.48. The van der Waals surface area contributed by atoms with Crippen LogP contribution in [0.4, 0.5) is 5.13 Å². The van der Waals surface area contributed by atoms with Crippen molar-refractivity contribution in [2.75, 3.05) is 17.6 Å². The largest absolute Gasteiger partial charge is 0.360 e. The Bertz CT molecular complexity index is 671. The maximum Gasteiger partial charge on any atom is 0.221 e. The molecule has 1 saturated carbocycles. The molecule has 0 saturated heterocycles. The minimum atomic E-state index is 0.162. The minimum Gasteiger partial charge on any atom is -0.360 e. The van der Waals surface area contributed by atoms with Crippen LogP contribution >= 0.6 is 23.1 Å². The Morgan fingerprint density at radius 1 is 1.15 bits per heavy atom. The van der Waals surface area contributed by atoms with Gasteiger partial charge in [0.15, 0.2) is 4.34 Å². The molecule has 140 valence electrons. The van der Waals surface area contributed by atoms with Crippen LogP contribution in [0.25, 0.3) is 0 Å². The number of carbonyl (C=O) groups is 1. The maximum absolute atomic E-state index is 12.0. The number of hydrogen-bond donors (Lipinski definition) is 2. The van der Waals surface area contributed by atoms with E-state index in [0.29, 0.717) is 12.5 Å². The van der Waals surface area contributed by atoms with Gasteiger partial charge in [-0.25, -0.2) is 0 Å². The van der Waals surface area contributed by atoms with E-state index in [1.807, 2.05) is 6.07 Å². The fourth-order valence-electron chi connectivity index (χ4n) is 3.08. The van der Waals surface area contributed by atoms with Crippen LogP contribution in [-0.4, -0.2) is 34.4 Å². The molecule has 0 radical (unpaired) electrons. The van der Waals surface area contributed by atoms with Crippen molar-refractivity contribution in [2.45, 2.75) is 55.3 Å². The minimum absolute atomic E-state index is 0.162. The number of nitrogens with one attached hydrogen (secondary N) is 2. The number of anilines is 1. The molecular weight excluding hydrogens is 364 g/mol. The summed E-state index contributed by atoms with van der Waals surface area (Å²) in [5.41, 5.74) is 1.31. The van der Waals surface area contributed by atoms with Gasteiger partial charge in [0.2, 0.25) is 11.0 Å². The number of rotatable bonds is 9. The lowest BCUT2D eigenvalue weighted by Gasteiger charge is -2.22. The van der Waals surface area contributed by atoms with Crippen molar-refractivity contribution in [3.8, 4) is 0 Å². The average molecular weight is 391 g/mol. The van der Waals surface area contributed by atoms with E-state index in [0.717, 1.165) is 41.0 Å². The SMILES string of the molecule is O=C(CCSc1nnc(NCCc2ccccc2)s1)NC1CCCCC1. The number of hydrogen-bond acceptors (Lipinski definition) is 6. The van der Waals surface area contributed by atoms with Gasteiger partial charge in [-0.1, -0.05) is 72.7 Å². The first kappa shape index (κ1) is 19.2. The van der Waals surface area contributed by atoms with Crippen molar-refractivity contribution in [3.63, 3.8) is 0 Å². The van der Waals surface area contributed by atoms with E-state index in [9.17, 15) is 4.79 Å². The second-order valence-electron chi connectivity index (χ2n) is 6.54. The van der Waals surface area contributed by atoms with E-state index in [-0.39, 0.29) is 5.91 Å². The molecule has 3 rings (SSSR count). The summed E-state index contributed by atoms with van der Waals surface area (Å²) in [6, 6.07) is 10.8. The number of carbonyl (C=O) groups excluding carboxylic acids is 1. The standard InChI is InChI=1S/C19H26N4OS2/c24-17(21-16-9-5-2-6-10-16)12-14-25-19-23-22-18(26-19)20-13-11-15-7-3-1-4-8-15/h1,3-4,7-8,16H,2,5-6,9-14H2,(H,20,22)(H,21,24). The van der Waals surface area contributed by atoms with E-state index in [1.54, 1.807) is 23.1 Å². The van der Waals surface area contributed by atoms with Gasteiger partial charge >= 0.3 is 0 Å². The van der Waals surface area contributed by atoms with Gasteiger partial charge < -0.3 is 10.6 Å². The van der Waals surface area contributed by atoms with Gasteiger partial charge in [-0.2, -0.15) is 0 Å². The van der Waals surface area contributed by atoms with Gasteiger partial charge in [0.1, 0.15) is 0 Å². The summed E-state index contributed by atoms with van der Waals surface area (Å²) in [6.45, 7) is 0.840. The first-order valence-electron chi connectivity index (χ1n) is 9.33. The van der Waals surface area contributed by atoms with Crippen molar-refractivity contribution in [2.24, 2.45) is 0 Å². The van der Waals surface area contributed by atoms with Crippen LogP contribution < -0.4 is 10.6 Å². The number of amides is 1. The highest BCUT2D eigenvalue weighted by molar-refractivity contribution is 8.01. The molecule has 5 nitrogen and oxygen atoms in total. The van der Waals surface area contributed by atoms with Crippen LogP contribution in [0, 0.1) is 0 Å². The van der Waals surface area contributed by atoms with E-state index in [4.69, 9.17) is 0 Å². The quantitative estimate of drug-likeness (QED) is 0.630. The van der Waals surface area contributed by atoms with E-state index in [2.05, 4.69) is 45.1 Å². The molecule has 1 heterocycles. The second-order valence-corrected chi connectivity index (χ2v) is 8.86. The number of aromatic nitrogens is 2. The van der Waals surface area contributed by atoms with Gasteiger partial charge in [0.05, 0.1) is 0 Å². The molecular formula is C19H26N4OS2. The van der Waals surface area contributed by atoms with E-state index in [1.165, 1.54) is 24.8 Å². The molecule has 1 aliphatic rings. The van der Waals surface area contributed by atoms with Crippen molar-refractivity contribution in [1.82, 2.24) is 15.5 Å². The third-order valence-electron chi connectivity index (χ3n) is 4.46. The molecule has 0 bridgehead atoms. The molecule has 1 aliphatic carbocycles. The highest BCUT2D eigenvalue weighted by Gasteiger charge is 2.15. The monoisotopic (exact) mass is 390 g/mol. The number of thioether (sulfide) groups is 1. The van der Waals surface area contributed by atoms with Gasteiger partial charge in [0, 0.05) is 24.8 Å². The predicted molar refractivity (Wildman–Crippen MR) is 109 cm³/mol. The van der Waals surface area contributed by atoms with Gasteiger partial charge in [-0.05, 0) is 24.8 Å². The normalized spacial score (nSPS) is 14.9. The zero-order chi connectivity index (χ0) is 18.0. The molecule has 0 atom stereocenters. The maximum atomic E-state index is 12.0. The van der Waals surface area contributed by atoms with Crippen molar-refractivity contribution < 1.29 is 4.79 Å². The highest BCUT2D eigenvalue weighted by atomic mass is 32.2. The molecule has 1 aromatic carbocycles. The van der Waals surface area contributed by atoms with Crippen LogP contribution in [0.5, 0.6) is 0 Å². The molecule has 1 aromatic heterocycles. The summed E-state index contributed by atoms with van der Waals surface area (Å²) < 4.78 is 0.915. The van der Waals surface area contributed by atoms with Gasteiger partial charge in [-0.3, -0.25) is 4.79 Å². The lowest BCUT2D eigenvalue weighted by atomic mass is 9.95. The zero-order valence-corrected chi connectivity index (χ0v) is 16.6. The van der Waals surface area contributed by atoms with Crippen molar-refractivity contribution in [1.29, 1.82) is 0 Å². The van der Waals surface area contributed by atoms with Gasteiger partial charge in [-0.15, -0.1) is 10.2 Å². The van der Waals surface area contributed by atoms with Crippen LogP contribution in [0.1, 0.15) is 44.1 Å².